The molecule has 0 aliphatic heterocycles. The molecule has 0 spiro atoms. The predicted octanol–water partition coefficient (Wildman–Crippen LogP) is 5.24. The maximum atomic E-state index is 12.7. The van der Waals surface area contributed by atoms with Crippen LogP contribution in [0.4, 0.5) is 11.5 Å². The Balaban J connectivity index is 1.47. The lowest BCUT2D eigenvalue weighted by molar-refractivity contribution is -0.136. The molecule has 1 heterocycles. The number of carbonyl (C=O) groups excluding carboxylic acids is 1. The maximum Gasteiger partial charge on any atom is 0.308 e. The van der Waals surface area contributed by atoms with E-state index in [9.17, 15) is 14.7 Å². The smallest absolute Gasteiger partial charge is 0.308 e. The first-order valence-corrected chi connectivity index (χ1v) is 11.4. The van der Waals surface area contributed by atoms with Gasteiger partial charge in [-0.25, -0.2) is 9.97 Å². The average Bonchev–Trinajstić information content (AvgIpc) is 2.85. The van der Waals surface area contributed by atoms with Crippen LogP contribution >= 0.6 is 11.6 Å². The molecule has 0 unspecified atom stereocenters. The predicted molar refractivity (Wildman–Crippen MR) is 140 cm³/mol. The van der Waals surface area contributed by atoms with E-state index in [1.807, 2.05) is 48.5 Å². The highest BCUT2D eigenvalue weighted by Gasteiger charge is 2.17. The first kappa shape index (κ1) is 24.7. The van der Waals surface area contributed by atoms with Gasteiger partial charge >= 0.3 is 5.97 Å². The molecule has 0 aliphatic carbocycles. The van der Waals surface area contributed by atoms with Crippen LogP contribution in [-0.2, 0) is 17.6 Å². The molecule has 0 aliphatic rings. The van der Waals surface area contributed by atoms with Crippen LogP contribution in [0.25, 0.3) is 10.8 Å². The molecule has 0 bridgehead atoms. The topological polar surface area (TPSA) is 124 Å². The number of fused-ring (bicyclic) bond motifs is 1. The minimum atomic E-state index is -1.08. The van der Waals surface area contributed by atoms with E-state index in [4.69, 9.17) is 16.7 Å². The summed E-state index contributed by atoms with van der Waals surface area (Å²) in [5, 5.41) is 26.4. The van der Waals surface area contributed by atoms with E-state index in [1.54, 1.807) is 18.2 Å². The van der Waals surface area contributed by atoms with Gasteiger partial charge in [0.2, 0.25) is 0 Å². The molecule has 0 saturated carbocycles. The lowest BCUT2D eigenvalue weighted by Crippen LogP contribution is -2.14. The molecule has 36 heavy (non-hydrogen) atoms. The number of aliphatic hydroxyl groups is 1. The second kappa shape index (κ2) is 10.9. The number of nitrogens with one attached hydrogen (secondary N) is 2. The second-order valence-electron chi connectivity index (χ2n) is 8.14. The van der Waals surface area contributed by atoms with E-state index in [-0.39, 0.29) is 41.2 Å². The molecule has 4 N–H and O–H groups in total. The summed E-state index contributed by atoms with van der Waals surface area (Å²) in [6, 6.07) is 20.6. The number of halogens is 1. The number of carbonyl (C=O) groups is 2. The van der Waals surface area contributed by atoms with E-state index in [0.717, 1.165) is 16.3 Å². The van der Waals surface area contributed by atoms with Crippen molar-refractivity contribution in [3.63, 3.8) is 0 Å². The molecule has 4 rings (SSSR count). The Morgan fingerprint density at radius 1 is 0.944 bits per heavy atom. The quantitative estimate of drug-likeness (QED) is 0.182. The summed E-state index contributed by atoms with van der Waals surface area (Å²) < 4.78 is 0. The normalized spacial score (nSPS) is 10.7. The summed E-state index contributed by atoms with van der Waals surface area (Å²) in [5.74, 6) is -0.830. The van der Waals surface area contributed by atoms with Crippen molar-refractivity contribution in [1.29, 1.82) is 0 Å². The minimum Gasteiger partial charge on any atom is -0.511 e. The van der Waals surface area contributed by atoms with Crippen molar-refractivity contribution in [2.24, 2.45) is 0 Å². The van der Waals surface area contributed by atoms with E-state index in [2.05, 4.69) is 27.2 Å². The number of anilines is 2. The molecule has 182 valence electrons. The number of carboxylic acids is 1. The summed E-state index contributed by atoms with van der Waals surface area (Å²) in [6.07, 6.45) is -0.0499. The lowest BCUT2D eigenvalue weighted by atomic mass is 10.1. The van der Waals surface area contributed by atoms with Gasteiger partial charge in [0.05, 0.1) is 13.0 Å². The monoisotopic (exact) mass is 502 g/mol. The van der Waals surface area contributed by atoms with E-state index >= 15 is 0 Å². The zero-order valence-electron chi connectivity index (χ0n) is 19.2. The zero-order valence-corrected chi connectivity index (χ0v) is 19.9. The number of hydrogen-bond donors (Lipinski definition) is 4. The van der Waals surface area contributed by atoms with Gasteiger partial charge in [-0.1, -0.05) is 60.6 Å². The highest BCUT2D eigenvalue weighted by Crippen LogP contribution is 2.24. The van der Waals surface area contributed by atoms with Gasteiger partial charge in [-0.05, 0) is 40.6 Å². The van der Waals surface area contributed by atoms with Crippen LogP contribution in [0.1, 0.15) is 27.3 Å². The van der Waals surface area contributed by atoms with Crippen LogP contribution in [-0.4, -0.2) is 38.6 Å². The largest absolute Gasteiger partial charge is 0.511 e. The van der Waals surface area contributed by atoms with Gasteiger partial charge < -0.3 is 20.8 Å². The Bertz CT molecular complexity index is 1450. The molecular weight excluding hydrogens is 480 g/mol. The summed E-state index contributed by atoms with van der Waals surface area (Å²) in [7, 11) is 0. The fourth-order valence-electron chi connectivity index (χ4n) is 3.64. The molecule has 8 nitrogen and oxygen atoms in total. The lowest BCUT2D eigenvalue weighted by Gasteiger charge is -2.13. The third kappa shape index (κ3) is 6.17. The maximum absolute atomic E-state index is 12.7. The number of carboxylic acid groups (broad SMARTS) is 1. The highest BCUT2D eigenvalue weighted by atomic mass is 35.5. The van der Waals surface area contributed by atoms with E-state index in [0.29, 0.717) is 23.5 Å². The number of amides is 1. The molecule has 0 saturated heterocycles. The van der Waals surface area contributed by atoms with Crippen LogP contribution < -0.4 is 10.6 Å². The van der Waals surface area contributed by atoms with Crippen molar-refractivity contribution < 1.29 is 19.8 Å². The number of nitrogens with zero attached hydrogens (tertiary/aromatic N) is 2. The van der Waals surface area contributed by atoms with Gasteiger partial charge in [0.1, 0.15) is 22.6 Å². The molecule has 1 amide bonds. The molecule has 9 heteroatoms. The van der Waals surface area contributed by atoms with Crippen molar-refractivity contribution in [1.82, 2.24) is 9.97 Å². The Kier molecular flexibility index (Phi) is 7.46. The first-order valence-electron chi connectivity index (χ1n) is 11.1. The fraction of sp³-hybridized carbons (Fsp3) is 0.111. The Morgan fingerprint density at radius 2 is 1.67 bits per heavy atom. The van der Waals surface area contributed by atoms with Crippen molar-refractivity contribution >= 4 is 45.8 Å². The zero-order chi connectivity index (χ0) is 25.7. The average molecular weight is 503 g/mol. The van der Waals surface area contributed by atoms with E-state index < -0.39 is 5.97 Å². The number of rotatable bonds is 9. The van der Waals surface area contributed by atoms with Crippen molar-refractivity contribution in [2.75, 3.05) is 17.2 Å². The number of aliphatic carboxylic acids is 1. The number of aliphatic hydroxyl groups excluding tert-OH is 1. The molecular formula is C27H23ClN4O4. The Morgan fingerprint density at radius 3 is 2.36 bits per heavy atom. The fourth-order valence-corrected chi connectivity index (χ4v) is 3.90. The van der Waals surface area contributed by atoms with Crippen molar-refractivity contribution in [3.05, 3.63) is 107 Å². The van der Waals surface area contributed by atoms with Crippen LogP contribution in [0.15, 0.2) is 79.1 Å². The molecule has 0 radical (unpaired) electrons. The molecule has 1 aromatic heterocycles. The Hall–Kier alpha value is -4.43. The number of hydrogen-bond acceptors (Lipinski definition) is 6. The van der Waals surface area contributed by atoms with Gasteiger partial charge in [0, 0.05) is 23.2 Å². The van der Waals surface area contributed by atoms with Gasteiger partial charge in [0.15, 0.2) is 0 Å². The molecule has 0 fully saturated rings. The van der Waals surface area contributed by atoms with Gasteiger partial charge in [-0.2, -0.15) is 0 Å². The van der Waals surface area contributed by atoms with Gasteiger partial charge in [-0.3, -0.25) is 9.59 Å². The minimum absolute atomic E-state index is 0.00892. The van der Waals surface area contributed by atoms with Gasteiger partial charge in [-0.15, -0.1) is 0 Å². The third-order valence-corrected chi connectivity index (χ3v) is 5.69. The van der Waals surface area contributed by atoms with Crippen LogP contribution in [0.5, 0.6) is 0 Å². The van der Waals surface area contributed by atoms with Crippen molar-refractivity contribution in [3.8, 4) is 0 Å². The van der Waals surface area contributed by atoms with Crippen LogP contribution in [0.3, 0.4) is 0 Å². The van der Waals surface area contributed by atoms with Crippen LogP contribution in [0.2, 0.25) is 5.15 Å². The molecule has 3 aromatic carbocycles. The first-order chi connectivity index (χ1) is 17.3. The highest BCUT2D eigenvalue weighted by molar-refractivity contribution is 6.30. The standard InChI is InChI=1S/C27H23ClN4O4/c1-16(33)15-29-26-22(14-24(34)35)25(28)31-23(32-26)12-17-6-10-21(11-7-17)30-27(36)20-9-8-18-4-2-3-5-19(18)13-20/h2-11,13,33H,1,12,14-15H2,(H,30,36)(H,34,35)(H,29,31,32). The summed E-state index contributed by atoms with van der Waals surface area (Å²) in [6.45, 7) is 3.40. The summed E-state index contributed by atoms with van der Waals surface area (Å²) >= 11 is 6.25. The molecule has 4 aromatic rings. The van der Waals surface area contributed by atoms with E-state index in [1.165, 1.54) is 0 Å². The number of aromatic nitrogens is 2. The second-order valence-corrected chi connectivity index (χ2v) is 8.50. The summed E-state index contributed by atoms with van der Waals surface area (Å²) in [5.41, 5.74) is 2.28. The Labute approximate surface area is 212 Å². The van der Waals surface area contributed by atoms with Crippen LogP contribution in [0, 0.1) is 0 Å². The van der Waals surface area contributed by atoms with Crippen molar-refractivity contribution in [2.45, 2.75) is 12.8 Å². The SMILES string of the molecule is C=C(O)CNc1nc(Cc2ccc(NC(=O)c3ccc4ccccc4c3)cc2)nc(Cl)c1CC(=O)O. The summed E-state index contributed by atoms with van der Waals surface area (Å²) in [4.78, 5) is 32.6. The van der Waals surface area contributed by atoms with Gasteiger partial charge in [0.25, 0.3) is 5.91 Å². The molecule has 0 atom stereocenters. The number of benzene rings is 3. The third-order valence-electron chi connectivity index (χ3n) is 5.38.